The maximum atomic E-state index is 11.3. The van der Waals surface area contributed by atoms with Gasteiger partial charge < -0.3 is 4.74 Å². The van der Waals surface area contributed by atoms with E-state index >= 15 is 0 Å². The zero-order valence-corrected chi connectivity index (χ0v) is 13.8. The van der Waals surface area contributed by atoms with Gasteiger partial charge in [0.1, 0.15) is 6.10 Å². The Morgan fingerprint density at radius 3 is 2.00 bits per heavy atom. The van der Waals surface area contributed by atoms with Gasteiger partial charge in [-0.2, -0.15) is 0 Å². The van der Waals surface area contributed by atoms with Crippen LogP contribution in [0.3, 0.4) is 0 Å². The lowest BCUT2D eigenvalue weighted by Gasteiger charge is -2.20. The Labute approximate surface area is 112 Å². The van der Waals surface area contributed by atoms with Crippen LogP contribution in [-0.4, -0.2) is 27.0 Å². The standard InChI is InChI=1S/C10H20O4Si.C3H8/c1-7-12-10(11)8(2)9(3)13-14-15(4,5)6;1-3-2/h9H,2,7H2,1,3-6H3;3H2,1-2H3. The van der Waals surface area contributed by atoms with Crippen LogP contribution in [-0.2, 0) is 19.0 Å². The van der Waals surface area contributed by atoms with E-state index < -0.39 is 20.4 Å². The van der Waals surface area contributed by atoms with E-state index in [0.717, 1.165) is 0 Å². The number of hydrogen-bond acceptors (Lipinski definition) is 4. The van der Waals surface area contributed by atoms with Gasteiger partial charge in [-0.25, -0.2) is 9.68 Å². The summed E-state index contributed by atoms with van der Waals surface area (Å²) in [7, 11) is -1.73. The molecule has 18 heavy (non-hydrogen) atoms. The SMILES string of the molecule is C=C(C(=O)OCC)C(C)OO[Si](C)(C)C.CCC. The molecule has 0 aromatic rings. The van der Waals surface area contributed by atoms with E-state index in [1.54, 1.807) is 13.8 Å². The molecule has 0 heterocycles. The second kappa shape index (κ2) is 10.3. The van der Waals surface area contributed by atoms with E-state index in [1.807, 2.05) is 19.6 Å². The van der Waals surface area contributed by atoms with Gasteiger partial charge in [0.15, 0.2) is 0 Å². The van der Waals surface area contributed by atoms with Gasteiger partial charge in [-0.3, -0.25) is 4.58 Å². The van der Waals surface area contributed by atoms with Crippen LogP contribution in [0.1, 0.15) is 34.1 Å². The molecule has 0 aromatic carbocycles. The van der Waals surface area contributed by atoms with Crippen LogP contribution in [0, 0.1) is 0 Å². The minimum Gasteiger partial charge on any atom is -0.463 e. The summed E-state index contributed by atoms with van der Waals surface area (Å²) in [6.45, 7) is 17.6. The number of ether oxygens (including phenoxy) is 1. The number of hydrogen-bond donors (Lipinski definition) is 0. The predicted octanol–water partition coefficient (Wildman–Crippen LogP) is 3.69. The molecule has 0 amide bonds. The van der Waals surface area contributed by atoms with Crippen molar-refractivity contribution in [2.75, 3.05) is 6.61 Å². The molecule has 108 valence electrons. The number of carbonyl (C=O) groups excluding carboxylic acids is 1. The molecule has 0 rings (SSSR count). The van der Waals surface area contributed by atoms with E-state index in [9.17, 15) is 4.79 Å². The molecule has 0 saturated carbocycles. The Hall–Kier alpha value is -0.653. The molecule has 1 atom stereocenters. The van der Waals surface area contributed by atoms with Crippen molar-refractivity contribution in [3.63, 3.8) is 0 Å². The third-order valence-electron chi connectivity index (χ3n) is 1.47. The van der Waals surface area contributed by atoms with Crippen molar-refractivity contribution >= 4 is 14.3 Å². The minimum absolute atomic E-state index is 0.273. The highest BCUT2D eigenvalue weighted by atomic mass is 28.4. The first-order chi connectivity index (χ1) is 8.19. The van der Waals surface area contributed by atoms with E-state index in [-0.39, 0.29) is 5.57 Å². The summed E-state index contributed by atoms with van der Waals surface area (Å²) in [5.74, 6) is -0.441. The first-order valence-electron chi connectivity index (χ1n) is 6.39. The predicted molar refractivity (Wildman–Crippen MR) is 76.7 cm³/mol. The summed E-state index contributed by atoms with van der Waals surface area (Å²) in [5.41, 5.74) is 0.273. The topological polar surface area (TPSA) is 44.8 Å². The molecule has 0 aliphatic heterocycles. The first kappa shape index (κ1) is 19.7. The van der Waals surface area contributed by atoms with Gasteiger partial charge >= 0.3 is 5.97 Å². The number of rotatable bonds is 6. The average Bonchev–Trinajstić information content (AvgIpc) is 2.25. The lowest BCUT2D eigenvalue weighted by atomic mass is 10.2. The van der Waals surface area contributed by atoms with Crippen LogP contribution in [0.2, 0.25) is 19.6 Å². The van der Waals surface area contributed by atoms with Crippen molar-refractivity contribution < 1.29 is 19.0 Å². The molecular formula is C13H28O4Si. The fourth-order valence-corrected chi connectivity index (χ4v) is 1.10. The Morgan fingerprint density at radius 2 is 1.67 bits per heavy atom. The van der Waals surface area contributed by atoms with Crippen LogP contribution in [0.5, 0.6) is 0 Å². The lowest BCUT2D eigenvalue weighted by molar-refractivity contribution is -0.240. The molecular weight excluding hydrogens is 248 g/mol. The number of carbonyl (C=O) groups is 1. The van der Waals surface area contributed by atoms with Gasteiger partial charge in [0.05, 0.1) is 12.2 Å². The van der Waals surface area contributed by atoms with Crippen molar-refractivity contribution in [3.8, 4) is 0 Å². The van der Waals surface area contributed by atoms with Gasteiger partial charge in [0.25, 0.3) is 0 Å². The van der Waals surface area contributed by atoms with E-state index in [1.165, 1.54) is 6.42 Å². The van der Waals surface area contributed by atoms with Crippen LogP contribution in [0.15, 0.2) is 12.2 Å². The Bertz CT molecular complexity index is 246. The third kappa shape index (κ3) is 11.8. The van der Waals surface area contributed by atoms with Gasteiger partial charge in [0.2, 0.25) is 8.32 Å². The number of esters is 1. The molecule has 5 heteroatoms. The molecule has 0 bridgehead atoms. The van der Waals surface area contributed by atoms with Crippen LogP contribution in [0.4, 0.5) is 0 Å². The quantitative estimate of drug-likeness (QED) is 0.244. The van der Waals surface area contributed by atoms with Crippen LogP contribution < -0.4 is 0 Å². The lowest BCUT2D eigenvalue weighted by Crippen LogP contribution is -2.29. The Balaban J connectivity index is 0. The Morgan fingerprint density at radius 1 is 1.22 bits per heavy atom. The Kier molecular flexibility index (Phi) is 11.2. The minimum atomic E-state index is -1.73. The summed E-state index contributed by atoms with van der Waals surface area (Å²) in [4.78, 5) is 16.4. The third-order valence-corrected chi connectivity index (χ3v) is 2.07. The second-order valence-electron chi connectivity index (χ2n) is 4.89. The van der Waals surface area contributed by atoms with Gasteiger partial charge in [-0.1, -0.05) is 26.8 Å². The highest BCUT2D eigenvalue weighted by Crippen LogP contribution is 2.11. The van der Waals surface area contributed by atoms with Crippen LogP contribution >= 0.6 is 0 Å². The summed E-state index contributed by atoms with van der Waals surface area (Å²) < 4.78 is 10.0. The fourth-order valence-electron chi connectivity index (χ4n) is 0.664. The smallest absolute Gasteiger partial charge is 0.336 e. The largest absolute Gasteiger partial charge is 0.463 e. The molecule has 0 fully saturated rings. The highest BCUT2D eigenvalue weighted by Gasteiger charge is 2.22. The molecule has 0 saturated heterocycles. The van der Waals surface area contributed by atoms with Gasteiger partial charge in [0, 0.05) is 0 Å². The van der Waals surface area contributed by atoms with E-state index in [0.29, 0.717) is 6.61 Å². The van der Waals surface area contributed by atoms with Crippen LogP contribution in [0.25, 0.3) is 0 Å². The van der Waals surface area contributed by atoms with Crippen molar-refractivity contribution in [1.29, 1.82) is 0 Å². The van der Waals surface area contributed by atoms with Gasteiger partial charge in [-0.15, -0.1) is 0 Å². The van der Waals surface area contributed by atoms with Crippen molar-refractivity contribution in [2.45, 2.75) is 59.9 Å². The fraction of sp³-hybridized carbons (Fsp3) is 0.769. The van der Waals surface area contributed by atoms with E-state index in [4.69, 9.17) is 14.2 Å². The van der Waals surface area contributed by atoms with Crippen molar-refractivity contribution in [2.24, 2.45) is 0 Å². The van der Waals surface area contributed by atoms with Crippen molar-refractivity contribution in [3.05, 3.63) is 12.2 Å². The molecule has 0 aromatic heterocycles. The molecule has 0 aliphatic carbocycles. The van der Waals surface area contributed by atoms with Gasteiger partial charge in [-0.05, 0) is 33.5 Å². The molecule has 4 nitrogen and oxygen atoms in total. The maximum Gasteiger partial charge on any atom is 0.336 e. The normalized spacial score (nSPS) is 12.2. The summed E-state index contributed by atoms with van der Waals surface area (Å²) in [5, 5.41) is 0. The first-order valence-corrected chi connectivity index (χ1v) is 9.80. The summed E-state index contributed by atoms with van der Waals surface area (Å²) >= 11 is 0. The molecule has 0 N–H and O–H groups in total. The molecule has 1 unspecified atom stereocenters. The molecule has 0 radical (unpaired) electrons. The zero-order chi connectivity index (χ0) is 14.8. The average molecular weight is 276 g/mol. The van der Waals surface area contributed by atoms with Crippen molar-refractivity contribution in [1.82, 2.24) is 0 Å². The highest BCUT2D eigenvalue weighted by molar-refractivity contribution is 6.69. The molecule has 0 aliphatic rings. The monoisotopic (exact) mass is 276 g/mol. The summed E-state index contributed by atoms with van der Waals surface area (Å²) in [6, 6.07) is 0. The summed E-state index contributed by atoms with van der Waals surface area (Å²) in [6.07, 6.45) is 0.774. The maximum absolute atomic E-state index is 11.3. The zero-order valence-electron chi connectivity index (χ0n) is 12.8. The molecule has 0 spiro atoms. The van der Waals surface area contributed by atoms with E-state index in [2.05, 4.69) is 20.4 Å². The second-order valence-corrected chi connectivity index (χ2v) is 9.28.